The van der Waals surface area contributed by atoms with Gasteiger partial charge in [-0.25, -0.2) is 0 Å². The van der Waals surface area contributed by atoms with Gasteiger partial charge in [-0.05, 0) is 12.0 Å². The maximum absolute atomic E-state index is 10.7. The molecule has 0 radical (unpaired) electrons. The van der Waals surface area contributed by atoms with Crippen molar-refractivity contribution >= 4 is 5.97 Å². The van der Waals surface area contributed by atoms with Crippen molar-refractivity contribution in [2.24, 2.45) is 0 Å². The van der Waals surface area contributed by atoms with Crippen LogP contribution in [0.2, 0.25) is 0 Å². The van der Waals surface area contributed by atoms with Crippen LogP contribution >= 0.6 is 0 Å². The highest BCUT2D eigenvalue weighted by Gasteiger charge is 2.08. The lowest BCUT2D eigenvalue weighted by Crippen LogP contribution is -2.20. The molecule has 0 bridgehead atoms. The Hall–Kier alpha value is -1.35. The molecule has 0 aliphatic rings. The van der Waals surface area contributed by atoms with Gasteiger partial charge in [-0.2, -0.15) is 0 Å². The van der Waals surface area contributed by atoms with Crippen molar-refractivity contribution in [3.05, 3.63) is 35.9 Å². The first-order chi connectivity index (χ1) is 7.72. The fraction of sp³-hybridized carbons (Fsp3) is 0.462. The topological polar surface area (TPSA) is 35.5 Å². The Balaban J connectivity index is 2.26. The van der Waals surface area contributed by atoms with Gasteiger partial charge in [0.15, 0.2) is 0 Å². The smallest absolute Gasteiger partial charge is 0.304 e. The van der Waals surface area contributed by atoms with Crippen LogP contribution in [0, 0.1) is 0 Å². The van der Waals surface area contributed by atoms with Gasteiger partial charge in [0.1, 0.15) is 0 Å². The Morgan fingerprint density at radius 2 is 2.00 bits per heavy atom. The molecule has 0 N–H and O–H groups in total. The fourth-order valence-corrected chi connectivity index (χ4v) is 1.37. The molecule has 3 nitrogen and oxygen atoms in total. The van der Waals surface area contributed by atoms with E-state index in [1.165, 1.54) is 12.5 Å². The highest BCUT2D eigenvalue weighted by molar-refractivity contribution is 5.66. The van der Waals surface area contributed by atoms with Crippen molar-refractivity contribution in [3.63, 3.8) is 0 Å². The molecule has 0 heterocycles. The van der Waals surface area contributed by atoms with E-state index >= 15 is 0 Å². The molecular weight excluding hydrogens is 204 g/mol. The van der Waals surface area contributed by atoms with Crippen LogP contribution in [0.15, 0.2) is 30.3 Å². The molecule has 88 valence electrons. The monoisotopic (exact) mass is 222 g/mol. The third kappa shape index (κ3) is 4.94. The maximum Gasteiger partial charge on any atom is 0.304 e. The summed E-state index contributed by atoms with van der Waals surface area (Å²) >= 11 is 0. The van der Waals surface area contributed by atoms with Crippen molar-refractivity contribution in [1.82, 2.24) is 0 Å². The second-order valence-corrected chi connectivity index (χ2v) is 3.55. The predicted octanol–water partition coefficient (Wildman–Crippen LogP) is 2.54. The van der Waals surface area contributed by atoms with Crippen LogP contribution in [0.4, 0.5) is 0 Å². The molecule has 0 spiro atoms. The van der Waals surface area contributed by atoms with E-state index in [1.54, 1.807) is 0 Å². The molecule has 1 atom stereocenters. The number of hydrogen-bond acceptors (Lipinski definition) is 3. The summed E-state index contributed by atoms with van der Waals surface area (Å²) < 4.78 is 10.4. The highest BCUT2D eigenvalue weighted by atomic mass is 16.7. The molecule has 0 amide bonds. The molecule has 1 rings (SSSR count). The maximum atomic E-state index is 10.7. The second kappa shape index (κ2) is 7.01. The number of ether oxygens (including phenoxy) is 2. The summed E-state index contributed by atoms with van der Waals surface area (Å²) in [5.74, 6) is -0.299. The van der Waals surface area contributed by atoms with Gasteiger partial charge in [0, 0.05) is 13.3 Å². The SMILES string of the molecule is CCC(OCCc1ccccc1)OC(C)=O. The normalized spacial score (nSPS) is 12.1. The molecule has 1 aromatic carbocycles. The molecular formula is C13H18O3. The van der Waals surface area contributed by atoms with Crippen LogP contribution in [0.3, 0.4) is 0 Å². The number of esters is 1. The Morgan fingerprint density at radius 1 is 1.31 bits per heavy atom. The zero-order chi connectivity index (χ0) is 11.8. The van der Waals surface area contributed by atoms with E-state index in [2.05, 4.69) is 12.1 Å². The molecule has 0 saturated heterocycles. The Morgan fingerprint density at radius 3 is 2.56 bits per heavy atom. The van der Waals surface area contributed by atoms with Crippen molar-refractivity contribution in [1.29, 1.82) is 0 Å². The minimum atomic E-state index is -0.416. The van der Waals surface area contributed by atoms with Crippen LogP contribution in [0.25, 0.3) is 0 Å². The lowest BCUT2D eigenvalue weighted by Gasteiger charge is -2.15. The van der Waals surface area contributed by atoms with Crippen LogP contribution in [0.5, 0.6) is 0 Å². The Bertz CT molecular complexity index is 308. The number of benzene rings is 1. The van der Waals surface area contributed by atoms with E-state index < -0.39 is 6.29 Å². The van der Waals surface area contributed by atoms with Crippen molar-refractivity contribution in [2.45, 2.75) is 33.0 Å². The lowest BCUT2D eigenvalue weighted by atomic mass is 10.2. The molecule has 3 heteroatoms. The molecule has 0 saturated carbocycles. The highest BCUT2D eigenvalue weighted by Crippen LogP contribution is 2.04. The third-order valence-corrected chi connectivity index (χ3v) is 2.17. The summed E-state index contributed by atoms with van der Waals surface area (Å²) in [7, 11) is 0. The molecule has 0 aliphatic heterocycles. The summed E-state index contributed by atoms with van der Waals surface area (Å²) in [6.07, 6.45) is 1.09. The fourth-order valence-electron chi connectivity index (χ4n) is 1.37. The quantitative estimate of drug-likeness (QED) is 0.548. The van der Waals surface area contributed by atoms with E-state index in [4.69, 9.17) is 9.47 Å². The van der Waals surface area contributed by atoms with E-state index in [9.17, 15) is 4.79 Å². The van der Waals surface area contributed by atoms with E-state index in [-0.39, 0.29) is 5.97 Å². The molecule has 0 fully saturated rings. The van der Waals surface area contributed by atoms with Crippen LogP contribution in [0.1, 0.15) is 25.8 Å². The number of rotatable bonds is 6. The first-order valence-electron chi connectivity index (χ1n) is 5.55. The first kappa shape index (κ1) is 12.7. The molecule has 1 unspecified atom stereocenters. The van der Waals surface area contributed by atoms with Crippen LogP contribution in [-0.2, 0) is 20.7 Å². The third-order valence-electron chi connectivity index (χ3n) is 2.17. The van der Waals surface area contributed by atoms with Crippen LogP contribution in [-0.4, -0.2) is 18.9 Å². The molecule has 0 aromatic heterocycles. The summed E-state index contributed by atoms with van der Waals surface area (Å²) in [5.41, 5.74) is 1.22. The van der Waals surface area contributed by atoms with Crippen molar-refractivity contribution in [2.75, 3.05) is 6.61 Å². The van der Waals surface area contributed by atoms with Gasteiger partial charge in [-0.3, -0.25) is 4.79 Å². The second-order valence-electron chi connectivity index (χ2n) is 3.55. The van der Waals surface area contributed by atoms with Gasteiger partial charge in [-0.1, -0.05) is 37.3 Å². The Labute approximate surface area is 96.4 Å². The number of carbonyl (C=O) groups excluding carboxylic acids is 1. The standard InChI is InChI=1S/C13H18O3/c1-3-13(16-11(2)14)15-10-9-12-7-5-4-6-8-12/h4-8,13H,3,9-10H2,1-2H3. The van der Waals surface area contributed by atoms with Gasteiger partial charge >= 0.3 is 5.97 Å². The van der Waals surface area contributed by atoms with Gasteiger partial charge < -0.3 is 9.47 Å². The van der Waals surface area contributed by atoms with Crippen LogP contribution < -0.4 is 0 Å². The average Bonchev–Trinajstić information content (AvgIpc) is 2.28. The van der Waals surface area contributed by atoms with Gasteiger partial charge in [0.25, 0.3) is 0 Å². The number of hydrogen-bond donors (Lipinski definition) is 0. The van der Waals surface area contributed by atoms with Gasteiger partial charge in [0.2, 0.25) is 6.29 Å². The minimum Gasteiger partial charge on any atom is -0.436 e. The lowest BCUT2D eigenvalue weighted by molar-refractivity contribution is -0.176. The summed E-state index contributed by atoms with van der Waals surface area (Å²) in [6, 6.07) is 10.1. The molecule has 16 heavy (non-hydrogen) atoms. The van der Waals surface area contributed by atoms with Crippen molar-refractivity contribution < 1.29 is 14.3 Å². The minimum absolute atomic E-state index is 0.299. The van der Waals surface area contributed by atoms with E-state index in [1.807, 2.05) is 25.1 Å². The molecule has 1 aromatic rings. The van der Waals surface area contributed by atoms with E-state index in [0.717, 1.165) is 6.42 Å². The Kier molecular flexibility index (Phi) is 5.57. The number of carbonyl (C=O) groups is 1. The first-order valence-corrected chi connectivity index (χ1v) is 5.55. The average molecular weight is 222 g/mol. The molecule has 0 aliphatic carbocycles. The summed E-state index contributed by atoms with van der Waals surface area (Å²) in [6.45, 7) is 3.88. The summed E-state index contributed by atoms with van der Waals surface area (Å²) in [4.78, 5) is 10.7. The van der Waals surface area contributed by atoms with Gasteiger partial charge in [0.05, 0.1) is 6.61 Å². The predicted molar refractivity (Wildman–Crippen MR) is 61.9 cm³/mol. The van der Waals surface area contributed by atoms with Crippen molar-refractivity contribution in [3.8, 4) is 0 Å². The zero-order valence-corrected chi connectivity index (χ0v) is 9.81. The zero-order valence-electron chi connectivity index (χ0n) is 9.81. The summed E-state index contributed by atoms with van der Waals surface area (Å²) in [5, 5.41) is 0. The largest absolute Gasteiger partial charge is 0.436 e. The van der Waals surface area contributed by atoms with E-state index in [0.29, 0.717) is 13.0 Å². The van der Waals surface area contributed by atoms with Gasteiger partial charge in [-0.15, -0.1) is 0 Å².